The average Bonchev–Trinajstić information content (AvgIpc) is 2.65. The van der Waals surface area contributed by atoms with Crippen LogP contribution in [0.4, 0.5) is 0 Å². The van der Waals surface area contributed by atoms with Crippen LogP contribution in [0.5, 0.6) is 0 Å². The van der Waals surface area contributed by atoms with Gasteiger partial charge in [-0.3, -0.25) is 0 Å². The van der Waals surface area contributed by atoms with E-state index in [1.54, 1.807) is 0 Å². The van der Waals surface area contributed by atoms with Crippen molar-refractivity contribution in [2.75, 3.05) is 13.2 Å². The smallest absolute Gasteiger partial charge is 0.0477 e. The zero-order valence-corrected chi connectivity index (χ0v) is 13.6. The van der Waals surface area contributed by atoms with Crippen molar-refractivity contribution < 1.29 is 4.74 Å². The molecule has 1 aliphatic heterocycles. The highest BCUT2D eigenvalue weighted by Crippen LogP contribution is 2.49. The Morgan fingerprint density at radius 2 is 2.00 bits per heavy atom. The average molecular weight is 372 g/mol. The molecule has 3 heteroatoms. The van der Waals surface area contributed by atoms with E-state index >= 15 is 0 Å². The topological polar surface area (TPSA) is 9.23 Å². The molecule has 1 saturated heterocycles. The maximum absolute atomic E-state index is 5.54. The molecule has 1 aliphatic carbocycles. The van der Waals surface area contributed by atoms with E-state index in [4.69, 9.17) is 4.74 Å². The van der Waals surface area contributed by atoms with Gasteiger partial charge in [0.15, 0.2) is 0 Å². The lowest BCUT2D eigenvalue weighted by molar-refractivity contribution is 0.0662. The predicted octanol–water partition coefficient (Wildman–Crippen LogP) is 4.68. The third kappa shape index (κ3) is 2.00. The summed E-state index contributed by atoms with van der Waals surface area (Å²) in [6.07, 6.45) is 4.68. The van der Waals surface area contributed by atoms with Crippen LogP contribution in [0.2, 0.25) is 0 Å². The molecular formula is C15H16Br2O. The Bertz CT molecular complexity index is 499. The van der Waals surface area contributed by atoms with Crippen molar-refractivity contribution in [3.63, 3.8) is 0 Å². The zero-order valence-electron chi connectivity index (χ0n) is 10.4. The van der Waals surface area contributed by atoms with Crippen LogP contribution in [-0.4, -0.2) is 18.0 Å². The van der Waals surface area contributed by atoms with Crippen LogP contribution in [0.1, 0.15) is 30.9 Å². The highest BCUT2D eigenvalue weighted by atomic mass is 79.9. The number of rotatable bonds is 1. The molecule has 1 heterocycles. The van der Waals surface area contributed by atoms with Gasteiger partial charge in [0.05, 0.1) is 0 Å². The summed E-state index contributed by atoms with van der Waals surface area (Å²) in [4.78, 5) is 0.396. The molecule has 0 saturated carbocycles. The molecule has 18 heavy (non-hydrogen) atoms. The van der Waals surface area contributed by atoms with Gasteiger partial charge >= 0.3 is 0 Å². The lowest BCUT2D eigenvalue weighted by atomic mass is 9.76. The van der Waals surface area contributed by atoms with Gasteiger partial charge in [-0.25, -0.2) is 0 Å². The van der Waals surface area contributed by atoms with Gasteiger partial charge in [-0.2, -0.15) is 0 Å². The molecule has 0 aromatic heterocycles. The SMILES string of the molecule is CC(Br)C1=CC2(CCOCC2)c2ccc(Br)cc21. The highest BCUT2D eigenvalue weighted by Gasteiger charge is 2.40. The maximum Gasteiger partial charge on any atom is 0.0477 e. The monoisotopic (exact) mass is 370 g/mol. The van der Waals surface area contributed by atoms with Gasteiger partial charge in [0.2, 0.25) is 0 Å². The standard InChI is InChI=1S/C15H16Br2O/c1-10(16)13-9-15(4-6-18-7-5-15)14-3-2-11(17)8-12(13)14/h2-3,8-10H,4-7H2,1H3. The number of hydrogen-bond donors (Lipinski definition) is 0. The van der Waals surface area contributed by atoms with Crippen molar-refractivity contribution in [3.8, 4) is 0 Å². The van der Waals surface area contributed by atoms with E-state index < -0.39 is 0 Å². The summed E-state index contributed by atoms with van der Waals surface area (Å²) in [6, 6.07) is 6.69. The van der Waals surface area contributed by atoms with Crippen molar-refractivity contribution in [1.29, 1.82) is 0 Å². The fourth-order valence-electron chi connectivity index (χ4n) is 3.12. The number of alkyl halides is 1. The molecule has 96 valence electrons. The van der Waals surface area contributed by atoms with E-state index in [2.05, 4.69) is 63.1 Å². The van der Waals surface area contributed by atoms with Crippen LogP contribution in [0.3, 0.4) is 0 Å². The second kappa shape index (κ2) is 4.77. The molecule has 0 radical (unpaired) electrons. The van der Waals surface area contributed by atoms with Crippen molar-refractivity contribution >= 4 is 37.4 Å². The van der Waals surface area contributed by atoms with E-state index in [1.807, 2.05) is 0 Å². The van der Waals surface area contributed by atoms with Crippen LogP contribution in [0.25, 0.3) is 5.57 Å². The minimum Gasteiger partial charge on any atom is -0.381 e. The van der Waals surface area contributed by atoms with Crippen LogP contribution >= 0.6 is 31.9 Å². The summed E-state index contributed by atoms with van der Waals surface area (Å²) in [7, 11) is 0. The lowest BCUT2D eigenvalue weighted by Gasteiger charge is -2.33. The van der Waals surface area contributed by atoms with Crippen LogP contribution < -0.4 is 0 Å². The molecule has 1 aromatic carbocycles. The maximum atomic E-state index is 5.54. The molecule has 1 atom stereocenters. The summed E-state index contributed by atoms with van der Waals surface area (Å²) in [6.45, 7) is 3.95. The number of allylic oxidation sites excluding steroid dienone is 2. The Balaban J connectivity index is 2.14. The number of hydrogen-bond acceptors (Lipinski definition) is 1. The summed E-state index contributed by atoms with van der Waals surface area (Å²) in [5.41, 5.74) is 4.52. The Kier molecular flexibility index (Phi) is 3.41. The number of benzene rings is 1. The first-order chi connectivity index (χ1) is 8.62. The molecule has 2 aliphatic rings. The first-order valence-corrected chi connectivity index (χ1v) is 8.08. The third-order valence-corrected chi connectivity index (χ3v) is 5.06. The molecular weight excluding hydrogens is 356 g/mol. The quantitative estimate of drug-likeness (QED) is 0.651. The van der Waals surface area contributed by atoms with Gasteiger partial charge in [-0.15, -0.1) is 0 Å². The van der Waals surface area contributed by atoms with Gasteiger partial charge < -0.3 is 4.74 Å². The van der Waals surface area contributed by atoms with Gasteiger partial charge in [-0.1, -0.05) is 44.0 Å². The second-order valence-electron chi connectivity index (χ2n) is 5.17. The molecule has 3 rings (SSSR count). The molecule has 0 N–H and O–H groups in total. The Hall–Kier alpha value is -0.120. The lowest BCUT2D eigenvalue weighted by Crippen LogP contribution is -2.30. The van der Waals surface area contributed by atoms with Crippen LogP contribution in [0, 0.1) is 0 Å². The number of fused-ring (bicyclic) bond motifs is 2. The summed E-state index contributed by atoms with van der Waals surface area (Å²) in [5, 5.41) is 0. The highest BCUT2D eigenvalue weighted by molar-refractivity contribution is 9.10. The molecule has 1 unspecified atom stereocenters. The van der Waals surface area contributed by atoms with E-state index in [9.17, 15) is 0 Å². The first kappa shape index (κ1) is 12.9. The summed E-state index contributed by atoms with van der Waals surface area (Å²) < 4.78 is 6.70. The molecule has 1 aromatic rings. The fourth-order valence-corrected chi connectivity index (χ4v) is 3.86. The molecule has 1 fully saturated rings. The van der Waals surface area contributed by atoms with Crippen LogP contribution in [-0.2, 0) is 10.2 Å². The Labute approximate surface area is 125 Å². The second-order valence-corrected chi connectivity index (χ2v) is 7.46. The molecule has 1 spiro atoms. The minimum absolute atomic E-state index is 0.214. The van der Waals surface area contributed by atoms with Gasteiger partial charge in [0, 0.05) is 27.9 Å². The Morgan fingerprint density at radius 3 is 2.67 bits per heavy atom. The molecule has 0 bridgehead atoms. The largest absolute Gasteiger partial charge is 0.381 e. The first-order valence-electron chi connectivity index (χ1n) is 6.37. The zero-order chi connectivity index (χ0) is 12.8. The normalized spacial score (nSPS) is 22.7. The van der Waals surface area contributed by atoms with Crippen molar-refractivity contribution in [3.05, 3.63) is 39.9 Å². The number of ether oxygens (including phenoxy) is 1. The minimum atomic E-state index is 0.214. The van der Waals surface area contributed by atoms with Gasteiger partial charge in [-0.05, 0) is 48.6 Å². The number of halogens is 2. The van der Waals surface area contributed by atoms with E-state index in [-0.39, 0.29) is 5.41 Å². The summed E-state index contributed by atoms with van der Waals surface area (Å²) >= 11 is 7.32. The molecule has 0 amide bonds. The van der Waals surface area contributed by atoms with Crippen LogP contribution in [0.15, 0.2) is 28.7 Å². The summed E-state index contributed by atoms with van der Waals surface area (Å²) in [5.74, 6) is 0. The van der Waals surface area contributed by atoms with Crippen molar-refractivity contribution in [2.45, 2.75) is 30.0 Å². The van der Waals surface area contributed by atoms with Gasteiger partial charge in [0.1, 0.15) is 0 Å². The van der Waals surface area contributed by atoms with Crippen molar-refractivity contribution in [2.24, 2.45) is 0 Å². The van der Waals surface area contributed by atoms with Gasteiger partial charge in [0.25, 0.3) is 0 Å². The predicted molar refractivity (Wildman–Crippen MR) is 82.2 cm³/mol. The fraction of sp³-hybridized carbons (Fsp3) is 0.467. The van der Waals surface area contributed by atoms with Crippen molar-refractivity contribution in [1.82, 2.24) is 0 Å². The molecule has 1 nitrogen and oxygen atoms in total. The third-order valence-electron chi connectivity index (χ3n) is 4.07. The van der Waals surface area contributed by atoms with E-state index in [1.165, 1.54) is 16.7 Å². The Morgan fingerprint density at radius 1 is 1.28 bits per heavy atom. The van der Waals surface area contributed by atoms with E-state index in [0.29, 0.717) is 4.83 Å². The van der Waals surface area contributed by atoms with E-state index in [0.717, 1.165) is 30.5 Å².